The largest absolute Gasteiger partial charge is 0.368 e. The van der Waals surface area contributed by atoms with Crippen molar-refractivity contribution in [3.8, 4) is 0 Å². The van der Waals surface area contributed by atoms with Gasteiger partial charge >= 0.3 is 0 Å². The average Bonchev–Trinajstić information content (AvgIpc) is 2.54. The molecule has 5 nitrogen and oxygen atoms in total. The van der Waals surface area contributed by atoms with Crippen LogP contribution in [-0.4, -0.2) is 45.9 Å². The third kappa shape index (κ3) is 4.80. The van der Waals surface area contributed by atoms with Gasteiger partial charge in [-0.3, -0.25) is 4.79 Å². The van der Waals surface area contributed by atoms with E-state index in [0.29, 0.717) is 0 Å². The molecule has 1 aliphatic rings. The lowest BCUT2D eigenvalue weighted by Gasteiger charge is -2.35. The van der Waals surface area contributed by atoms with Crippen LogP contribution in [0.25, 0.3) is 0 Å². The predicted octanol–water partition coefficient (Wildman–Crippen LogP) is 2.47. The molecule has 1 aromatic rings. The van der Waals surface area contributed by atoms with Crippen molar-refractivity contribution in [3.63, 3.8) is 0 Å². The zero-order valence-corrected chi connectivity index (χ0v) is 16.2. The number of hydrogen-bond donors (Lipinski definition) is 1. The van der Waals surface area contributed by atoms with Crippen LogP contribution < -0.4 is 9.62 Å². The molecule has 1 aromatic carbocycles. The lowest BCUT2D eigenvalue weighted by atomic mass is 10.1. The average molecular weight is 352 g/mol. The number of nitrogens with zero attached hydrogens (tertiary/aromatic N) is 2. The number of nitrogens with one attached hydrogen (secondary N) is 1. The van der Waals surface area contributed by atoms with E-state index in [1.807, 2.05) is 32.6 Å². The van der Waals surface area contributed by atoms with E-state index in [4.69, 9.17) is 0 Å². The molecule has 0 radical (unpaired) electrons. The molecule has 0 bridgehead atoms. The van der Waals surface area contributed by atoms with Crippen molar-refractivity contribution in [1.82, 2.24) is 9.62 Å². The van der Waals surface area contributed by atoms with Gasteiger partial charge in [0, 0.05) is 44.8 Å². The van der Waals surface area contributed by atoms with Gasteiger partial charge in [-0.2, -0.15) is 0 Å². The summed E-state index contributed by atoms with van der Waals surface area (Å²) in [7, 11) is -1.08. The first-order valence-corrected chi connectivity index (χ1v) is 9.62. The monoisotopic (exact) mass is 351 g/mol. The Hall–Kier alpha value is -1.40. The maximum atomic E-state index is 12.2. The smallest absolute Gasteiger partial charge is 0.219 e. The minimum atomic E-state index is -1.08. The van der Waals surface area contributed by atoms with Crippen LogP contribution in [0.3, 0.4) is 0 Å². The second-order valence-electron chi connectivity index (χ2n) is 7.31. The molecule has 6 heteroatoms. The topological polar surface area (TPSA) is 52.7 Å². The zero-order valence-electron chi connectivity index (χ0n) is 15.3. The van der Waals surface area contributed by atoms with Crippen LogP contribution in [0.4, 0.5) is 5.69 Å². The quantitative estimate of drug-likeness (QED) is 0.907. The number of piperazine rings is 1. The molecule has 0 aromatic heterocycles. The summed E-state index contributed by atoms with van der Waals surface area (Å²) in [5.41, 5.74) is 2.30. The van der Waals surface area contributed by atoms with Gasteiger partial charge in [-0.1, -0.05) is 12.1 Å². The van der Waals surface area contributed by atoms with Crippen LogP contribution in [-0.2, 0) is 15.8 Å². The first kappa shape index (κ1) is 18.9. The number of rotatable bonds is 4. The maximum absolute atomic E-state index is 12.2. The van der Waals surface area contributed by atoms with Gasteiger partial charge in [0.1, 0.15) is 0 Å². The lowest BCUT2D eigenvalue weighted by molar-refractivity contribution is -0.129. The van der Waals surface area contributed by atoms with E-state index >= 15 is 0 Å². The highest BCUT2D eigenvalue weighted by Gasteiger charge is 2.22. The Morgan fingerprint density at radius 1 is 1.12 bits per heavy atom. The summed E-state index contributed by atoms with van der Waals surface area (Å²) < 4.78 is 15.1. The summed E-state index contributed by atoms with van der Waals surface area (Å²) in [5.74, 6) is 0.150. The molecule has 1 saturated heterocycles. The Kier molecular flexibility index (Phi) is 6.04. The van der Waals surface area contributed by atoms with Gasteiger partial charge in [-0.25, -0.2) is 8.93 Å². The number of hydrogen-bond acceptors (Lipinski definition) is 3. The van der Waals surface area contributed by atoms with Crippen molar-refractivity contribution in [2.45, 2.75) is 45.4 Å². The summed E-state index contributed by atoms with van der Waals surface area (Å²) >= 11 is 0. The molecule has 134 valence electrons. The molecular formula is C18H29N3O2S. The fraction of sp³-hybridized carbons (Fsp3) is 0.611. The lowest BCUT2D eigenvalue weighted by Crippen LogP contribution is -2.48. The van der Waals surface area contributed by atoms with E-state index in [1.165, 1.54) is 5.69 Å². The molecule has 1 N–H and O–H groups in total. The first-order valence-electron chi connectivity index (χ1n) is 8.47. The minimum absolute atomic E-state index is 0.0358. The molecule has 0 aliphatic carbocycles. The van der Waals surface area contributed by atoms with Crippen LogP contribution in [0.2, 0.25) is 0 Å². The molecule has 2 rings (SSSR count). The summed E-state index contributed by atoms with van der Waals surface area (Å²) in [6, 6.07) is 8.43. The maximum Gasteiger partial charge on any atom is 0.219 e. The predicted molar refractivity (Wildman–Crippen MR) is 100 cm³/mol. The number of anilines is 1. The fourth-order valence-corrected chi connectivity index (χ4v) is 3.47. The van der Waals surface area contributed by atoms with Crippen LogP contribution >= 0.6 is 0 Å². The summed E-state index contributed by atoms with van der Waals surface area (Å²) in [5, 5.41) is 0. The second kappa shape index (κ2) is 7.66. The molecule has 0 unspecified atom stereocenters. The van der Waals surface area contributed by atoms with E-state index in [9.17, 15) is 9.00 Å². The van der Waals surface area contributed by atoms with Crippen molar-refractivity contribution in [2.24, 2.45) is 0 Å². The van der Waals surface area contributed by atoms with E-state index in [-0.39, 0.29) is 16.7 Å². The SMILES string of the molecule is CC(=O)N1CCN(c2ccc([C@H](C)N[S@](=O)C(C)(C)C)cc2)CC1. The molecule has 2 atom stereocenters. The van der Waals surface area contributed by atoms with Gasteiger partial charge in [-0.05, 0) is 45.4 Å². The van der Waals surface area contributed by atoms with Crippen LogP contribution in [0.5, 0.6) is 0 Å². The molecule has 0 spiro atoms. The van der Waals surface area contributed by atoms with Gasteiger partial charge in [0.15, 0.2) is 0 Å². The summed E-state index contributed by atoms with van der Waals surface area (Å²) in [6.07, 6.45) is 0. The van der Waals surface area contributed by atoms with Gasteiger partial charge in [0.2, 0.25) is 5.91 Å². The van der Waals surface area contributed by atoms with Crippen molar-refractivity contribution in [3.05, 3.63) is 29.8 Å². The standard InChI is InChI=1S/C18H29N3O2S/c1-14(19-24(23)18(3,4)5)16-6-8-17(9-7-16)21-12-10-20(11-13-21)15(2)22/h6-9,14,19H,10-13H2,1-5H3/t14-,24+/m0/s1. The Labute approximate surface area is 148 Å². The molecule has 1 aliphatic heterocycles. The van der Waals surface area contributed by atoms with E-state index in [2.05, 4.69) is 33.9 Å². The van der Waals surface area contributed by atoms with Gasteiger partial charge in [0.25, 0.3) is 0 Å². The molecular weight excluding hydrogens is 322 g/mol. The third-order valence-corrected chi connectivity index (χ3v) is 6.00. The second-order valence-corrected chi connectivity index (χ2v) is 9.30. The van der Waals surface area contributed by atoms with Crippen LogP contribution in [0.15, 0.2) is 24.3 Å². The van der Waals surface area contributed by atoms with E-state index in [0.717, 1.165) is 31.7 Å². The van der Waals surface area contributed by atoms with Gasteiger partial charge < -0.3 is 9.80 Å². The molecule has 1 heterocycles. The van der Waals surface area contributed by atoms with E-state index < -0.39 is 11.0 Å². The molecule has 1 fully saturated rings. The summed E-state index contributed by atoms with van der Waals surface area (Å²) in [6.45, 7) is 12.8. The Balaban J connectivity index is 1.96. The highest BCUT2D eigenvalue weighted by atomic mass is 32.2. The highest BCUT2D eigenvalue weighted by molar-refractivity contribution is 7.84. The number of carbonyl (C=O) groups excluding carboxylic acids is 1. The molecule has 0 saturated carbocycles. The third-order valence-electron chi connectivity index (χ3n) is 4.32. The molecule has 1 amide bonds. The number of carbonyl (C=O) groups is 1. The van der Waals surface area contributed by atoms with Crippen molar-refractivity contribution in [2.75, 3.05) is 31.1 Å². The van der Waals surface area contributed by atoms with Crippen molar-refractivity contribution >= 4 is 22.6 Å². The first-order chi connectivity index (χ1) is 11.2. The van der Waals surface area contributed by atoms with Crippen molar-refractivity contribution < 1.29 is 9.00 Å². The number of amides is 1. The summed E-state index contributed by atoms with van der Waals surface area (Å²) in [4.78, 5) is 15.6. The minimum Gasteiger partial charge on any atom is -0.368 e. The molecule has 24 heavy (non-hydrogen) atoms. The zero-order chi connectivity index (χ0) is 17.9. The highest BCUT2D eigenvalue weighted by Crippen LogP contribution is 2.22. The van der Waals surface area contributed by atoms with Crippen LogP contribution in [0.1, 0.15) is 46.2 Å². The Morgan fingerprint density at radius 2 is 1.67 bits per heavy atom. The number of benzene rings is 1. The van der Waals surface area contributed by atoms with Crippen LogP contribution in [0, 0.1) is 0 Å². The normalized spacial score (nSPS) is 18.4. The van der Waals surface area contributed by atoms with Gasteiger partial charge in [0.05, 0.1) is 15.7 Å². The van der Waals surface area contributed by atoms with E-state index in [1.54, 1.807) is 6.92 Å². The Morgan fingerprint density at radius 3 is 2.12 bits per heavy atom. The van der Waals surface area contributed by atoms with Crippen molar-refractivity contribution in [1.29, 1.82) is 0 Å². The Bertz CT molecular complexity index is 587. The van der Waals surface area contributed by atoms with Gasteiger partial charge in [-0.15, -0.1) is 0 Å². The fourth-order valence-electron chi connectivity index (χ4n) is 2.66.